The van der Waals surface area contributed by atoms with Crippen LogP contribution in [0.5, 0.6) is 5.75 Å². The van der Waals surface area contributed by atoms with Gasteiger partial charge < -0.3 is 4.74 Å². The van der Waals surface area contributed by atoms with Gasteiger partial charge in [0.15, 0.2) is 0 Å². The Morgan fingerprint density at radius 3 is 2.62 bits per heavy atom. The van der Waals surface area contributed by atoms with Gasteiger partial charge in [0.1, 0.15) is 5.75 Å². The molecule has 0 heterocycles. The van der Waals surface area contributed by atoms with Crippen molar-refractivity contribution in [3.05, 3.63) is 29.8 Å². The molecule has 0 aliphatic rings. The van der Waals surface area contributed by atoms with Crippen LogP contribution in [0.4, 0.5) is 0 Å². The second-order valence-corrected chi connectivity index (χ2v) is 12.2. The molecule has 1 unspecified atom stereocenters. The lowest BCUT2D eigenvalue weighted by Gasteiger charge is -2.21. The lowest BCUT2D eigenvalue weighted by Crippen LogP contribution is -2.22. The van der Waals surface area contributed by atoms with E-state index < -0.39 is 6.00 Å². The summed E-state index contributed by atoms with van der Waals surface area (Å²) in [6.07, 6.45) is 2.37. The van der Waals surface area contributed by atoms with E-state index in [1.165, 1.54) is 0 Å². The highest BCUT2D eigenvalue weighted by atomic mass is 35.8. The van der Waals surface area contributed by atoms with Crippen molar-refractivity contribution in [2.24, 2.45) is 0 Å². The van der Waals surface area contributed by atoms with Crippen LogP contribution in [0.2, 0.25) is 0 Å². The summed E-state index contributed by atoms with van der Waals surface area (Å²) in [6, 6.07) is 4.31. The van der Waals surface area contributed by atoms with Crippen LogP contribution in [0.3, 0.4) is 0 Å². The SMILES string of the molecule is CCC(c1cccc(OC#N)c1)[Si](Cl)(Cl)Cl. The molecule has 0 spiro atoms. The van der Waals surface area contributed by atoms with Gasteiger partial charge in [-0.1, -0.05) is 19.1 Å². The van der Waals surface area contributed by atoms with Gasteiger partial charge in [-0.2, -0.15) is 0 Å². The van der Waals surface area contributed by atoms with Crippen molar-refractivity contribution in [1.82, 2.24) is 0 Å². The molecule has 86 valence electrons. The highest BCUT2D eigenvalue weighted by Gasteiger charge is 2.36. The first-order valence-corrected chi connectivity index (χ1v) is 9.83. The number of hydrogen-bond acceptors (Lipinski definition) is 2. The summed E-state index contributed by atoms with van der Waals surface area (Å²) in [4.78, 5) is 0. The first-order chi connectivity index (χ1) is 7.49. The molecule has 0 fully saturated rings. The van der Waals surface area contributed by atoms with Gasteiger partial charge in [0, 0.05) is 5.54 Å². The largest absolute Gasteiger partial charge is 0.388 e. The zero-order valence-electron chi connectivity index (χ0n) is 8.58. The van der Waals surface area contributed by atoms with Crippen molar-refractivity contribution in [2.45, 2.75) is 18.9 Å². The Bertz CT molecular complexity index is 400. The van der Waals surface area contributed by atoms with E-state index in [4.69, 9.17) is 43.2 Å². The van der Waals surface area contributed by atoms with Gasteiger partial charge in [-0.15, -0.1) is 38.5 Å². The van der Waals surface area contributed by atoms with Crippen molar-refractivity contribution in [1.29, 1.82) is 5.26 Å². The minimum Gasteiger partial charge on any atom is -0.388 e. The molecule has 0 aliphatic carbocycles. The van der Waals surface area contributed by atoms with Crippen molar-refractivity contribution in [3.63, 3.8) is 0 Å². The molecule has 1 aromatic carbocycles. The molecule has 0 N–H and O–H groups in total. The highest BCUT2D eigenvalue weighted by molar-refractivity contribution is 7.65. The van der Waals surface area contributed by atoms with Crippen LogP contribution < -0.4 is 4.74 Å². The Labute approximate surface area is 110 Å². The molecule has 1 aromatic rings. The number of benzene rings is 1. The van der Waals surface area contributed by atoms with E-state index in [9.17, 15) is 0 Å². The Kier molecular flexibility index (Phi) is 4.94. The lowest BCUT2D eigenvalue weighted by atomic mass is 10.1. The number of nitriles is 1. The van der Waals surface area contributed by atoms with Crippen molar-refractivity contribution < 1.29 is 4.74 Å². The quantitative estimate of drug-likeness (QED) is 0.473. The number of hydrogen-bond donors (Lipinski definition) is 0. The molecular weight excluding hydrogens is 285 g/mol. The second-order valence-electron chi connectivity index (χ2n) is 3.27. The second kappa shape index (κ2) is 5.79. The van der Waals surface area contributed by atoms with Gasteiger partial charge in [-0.05, 0) is 24.1 Å². The zero-order chi connectivity index (χ0) is 12.2. The van der Waals surface area contributed by atoms with Crippen LogP contribution in [0.1, 0.15) is 24.4 Å². The topological polar surface area (TPSA) is 33.0 Å². The van der Waals surface area contributed by atoms with E-state index in [1.54, 1.807) is 24.5 Å². The van der Waals surface area contributed by atoms with E-state index in [2.05, 4.69) is 0 Å². The molecule has 0 saturated heterocycles. The molecule has 0 amide bonds. The first-order valence-electron chi connectivity index (χ1n) is 4.71. The van der Waals surface area contributed by atoms with E-state index in [0.717, 1.165) is 12.0 Å². The van der Waals surface area contributed by atoms with E-state index in [-0.39, 0.29) is 5.54 Å². The third kappa shape index (κ3) is 3.57. The van der Waals surface area contributed by atoms with Crippen molar-refractivity contribution in [2.75, 3.05) is 0 Å². The third-order valence-corrected chi connectivity index (χ3v) is 6.13. The molecule has 0 bridgehead atoms. The minimum absolute atomic E-state index is 0.0836. The van der Waals surface area contributed by atoms with Crippen LogP contribution in [0, 0.1) is 11.5 Å². The summed E-state index contributed by atoms with van der Waals surface area (Å²) in [6.45, 7) is 1.97. The number of ether oxygens (including phenoxy) is 1. The standard InChI is InChI=1S/C10H10Cl3NOSi/c1-2-10(16(11,12)13)8-4-3-5-9(6-8)15-7-14/h3-6,10H,2H2,1H3. The maximum Gasteiger partial charge on any atom is 0.348 e. The number of nitrogens with zero attached hydrogens (tertiary/aromatic N) is 1. The smallest absolute Gasteiger partial charge is 0.348 e. The fourth-order valence-corrected chi connectivity index (χ4v) is 5.05. The Morgan fingerprint density at radius 1 is 1.44 bits per heavy atom. The van der Waals surface area contributed by atoms with Crippen LogP contribution in [-0.4, -0.2) is 6.00 Å². The van der Waals surface area contributed by atoms with Gasteiger partial charge in [0.25, 0.3) is 6.26 Å². The third-order valence-electron chi connectivity index (χ3n) is 2.23. The number of halogens is 3. The minimum atomic E-state index is -2.80. The fraction of sp³-hybridized carbons (Fsp3) is 0.300. The maximum absolute atomic E-state index is 8.42. The summed E-state index contributed by atoms with van der Waals surface area (Å²) in [7, 11) is 0. The number of rotatable bonds is 4. The van der Waals surface area contributed by atoms with Gasteiger partial charge in [0.05, 0.1) is 0 Å². The van der Waals surface area contributed by atoms with E-state index >= 15 is 0 Å². The predicted molar refractivity (Wildman–Crippen MR) is 69.0 cm³/mol. The molecule has 0 aromatic heterocycles. The molecular formula is C10H10Cl3NOSi. The highest BCUT2D eigenvalue weighted by Crippen LogP contribution is 2.39. The van der Waals surface area contributed by atoms with Crippen LogP contribution in [0.25, 0.3) is 0 Å². The maximum atomic E-state index is 8.42. The Morgan fingerprint density at radius 2 is 2.12 bits per heavy atom. The van der Waals surface area contributed by atoms with Crippen molar-refractivity contribution >= 4 is 39.2 Å². The zero-order valence-corrected chi connectivity index (χ0v) is 11.9. The van der Waals surface area contributed by atoms with Crippen LogP contribution in [-0.2, 0) is 0 Å². The molecule has 0 saturated carbocycles. The fourth-order valence-electron chi connectivity index (χ4n) is 1.50. The van der Waals surface area contributed by atoms with Gasteiger partial charge in [0.2, 0.25) is 0 Å². The monoisotopic (exact) mass is 293 g/mol. The van der Waals surface area contributed by atoms with Crippen molar-refractivity contribution in [3.8, 4) is 12.0 Å². The summed E-state index contributed by atoms with van der Waals surface area (Å²) in [5, 5.41) is 8.42. The molecule has 0 radical (unpaired) electrons. The summed E-state index contributed by atoms with van der Waals surface area (Å²) >= 11 is 18.1. The summed E-state index contributed by atoms with van der Waals surface area (Å²) in [5.41, 5.74) is 0.821. The summed E-state index contributed by atoms with van der Waals surface area (Å²) < 4.78 is 4.75. The normalized spacial score (nSPS) is 12.9. The Hall–Kier alpha value is -0.403. The average molecular weight is 295 g/mol. The van der Waals surface area contributed by atoms with Gasteiger partial charge in [-0.25, -0.2) is 0 Å². The van der Waals surface area contributed by atoms with Crippen LogP contribution >= 0.6 is 33.2 Å². The molecule has 1 rings (SSSR count). The van der Waals surface area contributed by atoms with Gasteiger partial charge >= 0.3 is 6.00 Å². The van der Waals surface area contributed by atoms with E-state index in [0.29, 0.717) is 5.75 Å². The van der Waals surface area contributed by atoms with Crippen LogP contribution in [0.15, 0.2) is 24.3 Å². The average Bonchev–Trinajstić information content (AvgIpc) is 2.17. The molecule has 1 atom stereocenters. The molecule has 16 heavy (non-hydrogen) atoms. The molecule has 2 nitrogen and oxygen atoms in total. The van der Waals surface area contributed by atoms with Gasteiger partial charge in [-0.3, -0.25) is 0 Å². The predicted octanol–water partition coefficient (Wildman–Crippen LogP) is 4.23. The molecule has 0 aliphatic heterocycles. The van der Waals surface area contributed by atoms with E-state index in [1.807, 2.05) is 13.0 Å². The molecule has 6 heteroatoms. The summed E-state index contributed by atoms with van der Waals surface area (Å²) in [5.74, 6) is 0.474. The Balaban J connectivity index is 3.03. The first kappa shape index (κ1) is 13.7. The lowest BCUT2D eigenvalue weighted by molar-refractivity contribution is 0.506.